The maximum absolute atomic E-state index is 12.2. The SMILES string of the molecule is O=C(NNS(=O)(=O)c1ccc(Cl)cc1)c1sc2ccccc2c1Cl. The molecule has 5 nitrogen and oxygen atoms in total. The highest BCUT2D eigenvalue weighted by atomic mass is 35.5. The maximum Gasteiger partial charge on any atom is 0.277 e. The van der Waals surface area contributed by atoms with Gasteiger partial charge in [-0.1, -0.05) is 41.4 Å². The van der Waals surface area contributed by atoms with Crippen LogP contribution in [0.5, 0.6) is 0 Å². The molecule has 1 heterocycles. The van der Waals surface area contributed by atoms with Crippen molar-refractivity contribution in [3.05, 3.63) is 63.5 Å². The van der Waals surface area contributed by atoms with Crippen molar-refractivity contribution in [3.63, 3.8) is 0 Å². The molecule has 0 aliphatic heterocycles. The molecule has 0 saturated carbocycles. The van der Waals surface area contributed by atoms with E-state index in [0.717, 1.165) is 10.1 Å². The lowest BCUT2D eigenvalue weighted by Gasteiger charge is -2.08. The third kappa shape index (κ3) is 3.40. The van der Waals surface area contributed by atoms with E-state index in [1.807, 2.05) is 23.0 Å². The number of carbonyl (C=O) groups is 1. The van der Waals surface area contributed by atoms with Crippen molar-refractivity contribution < 1.29 is 13.2 Å². The number of rotatable bonds is 4. The van der Waals surface area contributed by atoms with E-state index in [9.17, 15) is 13.2 Å². The summed E-state index contributed by atoms with van der Waals surface area (Å²) in [4.78, 5) is 14.5. The largest absolute Gasteiger partial charge is 0.277 e. The van der Waals surface area contributed by atoms with Gasteiger partial charge < -0.3 is 0 Å². The Balaban J connectivity index is 1.79. The summed E-state index contributed by atoms with van der Waals surface area (Å²) in [5.41, 5.74) is 2.17. The van der Waals surface area contributed by atoms with Crippen molar-refractivity contribution in [2.45, 2.75) is 4.90 Å². The Morgan fingerprint density at radius 3 is 2.33 bits per heavy atom. The fourth-order valence-electron chi connectivity index (χ4n) is 2.00. The van der Waals surface area contributed by atoms with Gasteiger partial charge in [0.25, 0.3) is 15.9 Å². The van der Waals surface area contributed by atoms with Crippen LogP contribution in [0.15, 0.2) is 53.4 Å². The number of sulfonamides is 1. The van der Waals surface area contributed by atoms with Crippen LogP contribution in [0.4, 0.5) is 0 Å². The Kier molecular flexibility index (Phi) is 4.80. The van der Waals surface area contributed by atoms with E-state index < -0.39 is 15.9 Å². The summed E-state index contributed by atoms with van der Waals surface area (Å²) in [5, 5.41) is 1.45. The predicted octanol–water partition coefficient (Wildman–Crippen LogP) is 3.83. The lowest BCUT2D eigenvalue weighted by Crippen LogP contribution is -2.41. The number of benzene rings is 2. The second kappa shape index (κ2) is 6.70. The Labute approximate surface area is 152 Å². The Bertz CT molecular complexity index is 1010. The Morgan fingerprint density at radius 2 is 1.67 bits per heavy atom. The minimum atomic E-state index is -3.90. The molecule has 3 rings (SSSR count). The van der Waals surface area contributed by atoms with Crippen LogP contribution >= 0.6 is 34.5 Å². The zero-order valence-electron chi connectivity index (χ0n) is 11.9. The van der Waals surface area contributed by atoms with Crippen LogP contribution in [0.2, 0.25) is 10.0 Å². The van der Waals surface area contributed by atoms with E-state index in [-0.39, 0.29) is 9.77 Å². The van der Waals surface area contributed by atoms with Crippen LogP contribution < -0.4 is 10.3 Å². The summed E-state index contributed by atoms with van der Waals surface area (Å²) in [7, 11) is -3.90. The molecule has 2 aromatic carbocycles. The van der Waals surface area contributed by atoms with E-state index in [4.69, 9.17) is 23.2 Å². The molecule has 24 heavy (non-hydrogen) atoms. The van der Waals surface area contributed by atoms with Gasteiger partial charge in [-0.05, 0) is 30.3 Å². The van der Waals surface area contributed by atoms with Gasteiger partial charge in [0, 0.05) is 15.1 Å². The van der Waals surface area contributed by atoms with Gasteiger partial charge in [0.15, 0.2) is 0 Å². The number of fused-ring (bicyclic) bond motifs is 1. The molecule has 0 bridgehead atoms. The first-order valence-corrected chi connectivity index (χ1v) is 9.69. The van der Waals surface area contributed by atoms with Gasteiger partial charge in [0.2, 0.25) is 0 Å². The number of nitrogens with one attached hydrogen (secondary N) is 2. The Hall–Kier alpha value is -1.64. The van der Waals surface area contributed by atoms with E-state index in [1.54, 1.807) is 6.07 Å². The van der Waals surface area contributed by atoms with Gasteiger partial charge in [-0.25, -0.2) is 8.42 Å². The van der Waals surface area contributed by atoms with Crippen LogP contribution in [0.3, 0.4) is 0 Å². The van der Waals surface area contributed by atoms with Gasteiger partial charge in [0.05, 0.1) is 9.92 Å². The van der Waals surface area contributed by atoms with Crippen molar-refractivity contribution >= 4 is 60.6 Å². The topological polar surface area (TPSA) is 75.3 Å². The number of thiophene rings is 1. The summed E-state index contributed by atoms with van der Waals surface area (Å²) >= 11 is 13.1. The molecule has 3 aromatic rings. The molecule has 1 amide bonds. The molecular formula is C15H10Cl2N2O3S2. The lowest BCUT2D eigenvalue weighted by molar-refractivity contribution is 0.0949. The standard InChI is InChI=1S/C15H10Cl2N2O3S2/c16-9-5-7-10(8-6-9)24(21,22)19-18-15(20)14-13(17)11-3-1-2-4-12(11)23-14/h1-8,19H,(H,18,20). The maximum atomic E-state index is 12.2. The lowest BCUT2D eigenvalue weighted by atomic mass is 10.2. The van der Waals surface area contributed by atoms with Crippen molar-refractivity contribution in [2.24, 2.45) is 0 Å². The average molecular weight is 401 g/mol. The summed E-state index contributed by atoms with van der Waals surface area (Å²) in [6.07, 6.45) is 0. The van der Waals surface area contributed by atoms with Crippen LogP contribution in [-0.2, 0) is 10.0 Å². The third-order valence-corrected chi connectivity index (χ3v) is 6.35. The first kappa shape index (κ1) is 17.2. The van der Waals surface area contributed by atoms with E-state index in [1.165, 1.54) is 35.6 Å². The fourth-order valence-corrected chi connectivity index (χ4v) is 4.38. The molecule has 0 radical (unpaired) electrons. The van der Waals surface area contributed by atoms with Crippen LogP contribution in [0.25, 0.3) is 10.1 Å². The van der Waals surface area contributed by atoms with Gasteiger partial charge in [-0.2, -0.15) is 0 Å². The molecular weight excluding hydrogens is 391 g/mol. The van der Waals surface area contributed by atoms with Crippen LogP contribution in [-0.4, -0.2) is 14.3 Å². The van der Waals surface area contributed by atoms with E-state index in [2.05, 4.69) is 5.43 Å². The normalized spacial score (nSPS) is 11.6. The second-order valence-corrected chi connectivity index (χ2v) is 8.30. The number of hydrogen-bond donors (Lipinski definition) is 2. The molecule has 0 fully saturated rings. The van der Waals surface area contributed by atoms with E-state index >= 15 is 0 Å². The molecule has 0 aliphatic rings. The monoisotopic (exact) mass is 400 g/mol. The molecule has 9 heteroatoms. The average Bonchev–Trinajstić information content (AvgIpc) is 2.91. The van der Waals surface area contributed by atoms with Gasteiger partial charge >= 0.3 is 0 Å². The van der Waals surface area contributed by atoms with Gasteiger partial charge in [-0.3, -0.25) is 10.2 Å². The number of hydrogen-bond acceptors (Lipinski definition) is 4. The van der Waals surface area contributed by atoms with Crippen molar-refractivity contribution in [1.29, 1.82) is 0 Å². The predicted molar refractivity (Wildman–Crippen MR) is 96.1 cm³/mol. The van der Waals surface area contributed by atoms with Gasteiger partial charge in [-0.15, -0.1) is 16.2 Å². The molecule has 0 saturated heterocycles. The summed E-state index contributed by atoms with van der Waals surface area (Å²) < 4.78 is 25.1. The quantitative estimate of drug-likeness (QED) is 0.653. The summed E-state index contributed by atoms with van der Waals surface area (Å²) in [6, 6.07) is 12.8. The molecule has 0 aliphatic carbocycles. The third-order valence-electron chi connectivity index (χ3n) is 3.16. The number of carbonyl (C=O) groups excluding carboxylic acids is 1. The highest BCUT2D eigenvalue weighted by Gasteiger charge is 2.20. The molecule has 2 N–H and O–H groups in total. The highest BCUT2D eigenvalue weighted by Crippen LogP contribution is 2.34. The first-order valence-electron chi connectivity index (χ1n) is 6.63. The smallest absolute Gasteiger partial charge is 0.273 e. The zero-order chi connectivity index (χ0) is 17.3. The van der Waals surface area contributed by atoms with Crippen LogP contribution in [0.1, 0.15) is 9.67 Å². The molecule has 0 atom stereocenters. The van der Waals surface area contributed by atoms with Crippen molar-refractivity contribution in [3.8, 4) is 0 Å². The second-order valence-electron chi connectivity index (χ2n) is 4.75. The number of halogens is 2. The minimum absolute atomic E-state index is 0.0189. The molecule has 0 spiro atoms. The molecule has 1 aromatic heterocycles. The van der Waals surface area contributed by atoms with Crippen LogP contribution in [0, 0.1) is 0 Å². The van der Waals surface area contributed by atoms with Crippen molar-refractivity contribution in [2.75, 3.05) is 0 Å². The fraction of sp³-hybridized carbons (Fsp3) is 0. The Morgan fingerprint density at radius 1 is 1.00 bits per heavy atom. The number of amides is 1. The number of hydrazine groups is 1. The summed E-state index contributed by atoms with van der Waals surface area (Å²) in [5.74, 6) is -0.626. The minimum Gasteiger partial charge on any atom is -0.273 e. The summed E-state index contributed by atoms with van der Waals surface area (Å²) in [6.45, 7) is 0. The zero-order valence-corrected chi connectivity index (χ0v) is 15.1. The van der Waals surface area contributed by atoms with Gasteiger partial charge in [0.1, 0.15) is 4.88 Å². The molecule has 124 valence electrons. The first-order chi connectivity index (χ1) is 11.4. The highest BCUT2D eigenvalue weighted by molar-refractivity contribution is 7.89. The van der Waals surface area contributed by atoms with Crippen molar-refractivity contribution in [1.82, 2.24) is 10.3 Å². The van der Waals surface area contributed by atoms with E-state index in [0.29, 0.717) is 10.0 Å². The molecule has 0 unspecified atom stereocenters.